The molecular formula is C23H21NO5. The molecule has 0 bridgehead atoms. The quantitative estimate of drug-likeness (QED) is 0.405. The number of nitrogens with one attached hydrogen (secondary N) is 1. The Balaban J connectivity index is 1.73. The third-order valence-corrected chi connectivity index (χ3v) is 5.30. The molecule has 0 spiro atoms. The van der Waals surface area contributed by atoms with Gasteiger partial charge in [0, 0.05) is 30.2 Å². The van der Waals surface area contributed by atoms with Gasteiger partial charge in [0.15, 0.2) is 0 Å². The van der Waals surface area contributed by atoms with E-state index in [2.05, 4.69) is 5.32 Å². The Bertz CT molecular complexity index is 1170. The molecule has 0 aliphatic heterocycles. The third kappa shape index (κ3) is 3.15. The Labute approximate surface area is 167 Å². The van der Waals surface area contributed by atoms with Crippen LogP contribution in [0, 0.1) is 13.8 Å². The Morgan fingerprint density at radius 2 is 1.79 bits per heavy atom. The van der Waals surface area contributed by atoms with Crippen molar-refractivity contribution >= 4 is 28.3 Å². The molecule has 29 heavy (non-hydrogen) atoms. The molecule has 3 aromatic rings. The van der Waals surface area contributed by atoms with Gasteiger partial charge in [-0.2, -0.15) is 0 Å². The van der Waals surface area contributed by atoms with Gasteiger partial charge in [-0.05, 0) is 36.2 Å². The van der Waals surface area contributed by atoms with Gasteiger partial charge in [0.05, 0.1) is 12.1 Å². The van der Waals surface area contributed by atoms with Gasteiger partial charge < -0.3 is 14.5 Å². The Hall–Kier alpha value is -3.25. The van der Waals surface area contributed by atoms with Crippen LogP contribution in [-0.2, 0) is 16.1 Å². The van der Waals surface area contributed by atoms with E-state index in [1.807, 2.05) is 37.3 Å². The van der Waals surface area contributed by atoms with Gasteiger partial charge in [-0.3, -0.25) is 14.4 Å². The van der Waals surface area contributed by atoms with Gasteiger partial charge in [0.25, 0.3) is 0 Å². The second-order valence-electron chi connectivity index (χ2n) is 7.19. The topological polar surface area (TPSA) is 85.6 Å². The van der Waals surface area contributed by atoms with E-state index in [1.165, 1.54) is 6.92 Å². The lowest BCUT2D eigenvalue weighted by molar-refractivity contribution is -0.140. The SMILES string of the molecule is CC(=O)OCCNCc1oc2c(c1C)C(=O)C(=O)c1c-2ccc2c(C)cccc12. The van der Waals surface area contributed by atoms with Gasteiger partial charge >= 0.3 is 5.97 Å². The second kappa shape index (κ2) is 7.29. The number of hydrogen-bond donors (Lipinski definition) is 1. The zero-order valence-corrected chi connectivity index (χ0v) is 16.5. The maximum absolute atomic E-state index is 13.0. The number of carbonyl (C=O) groups is 3. The molecule has 6 heteroatoms. The molecule has 1 heterocycles. The summed E-state index contributed by atoms with van der Waals surface area (Å²) in [6.07, 6.45) is 0. The summed E-state index contributed by atoms with van der Waals surface area (Å²) in [6, 6.07) is 9.55. The van der Waals surface area contributed by atoms with Crippen molar-refractivity contribution in [3.63, 3.8) is 0 Å². The number of esters is 1. The summed E-state index contributed by atoms with van der Waals surface area (Å²) in [5, 5.41) is 4.84. The summed E-state index contributed by atoms with van der Waals surface area (Å²) in [5.74, 6) is -0.325. The van der Waals surface area contributed by atoms with E-state index in [-0.39, 0.29) is 12.6 Å². The molecule has 0 saturated heterocycles. The van der Waals surface area contributed by atoms with E-state index in [0.29, 0.717) is 46.9 Å². The van der Waals surface area contributed by atoms with Crippen LogP contribution in [0.15, 0.2) is 34.7 Å². The third-order valence-electron chi connectivity index (χ3n) is 5.30. The lowest BCUT2D eigenvalue weighted by Crippen LogP contribution is -2.22. The van der Waals surface area contributed by atoms with Crippen LogP contribution in [0.3, 0.4) is 0 Å². The van der Waals surface area contributed by atoms with Crippen LogP contribution in [0.1, 0.15) is 44.5 Å². The maximum Gasteiger partial charge on any atom is 0.302 e. The van der Waals surface area contributed by atoms with Crippen LogP contribution < -0.4 is 5.32 Å². The molecule has 0 radical (unpaired) electrons. The molecule has 0 fully saturated rings. The molecule has 1 aliphatic carbocycles. The zero-order chi connectivity index (χ0) is 20.7. The van der Waals surface area contributed by atoms with E-state index in [4.69, 9.17) is 9.15 Å². The van der Waals surface area contributed by atoms with Crippen molar-refractivity contribution in [3.8, 4) is 11.3 Å². The fourth-order valence-electron chi connectivity index (χ4n) is 3.84. The van der Waals surface area contributed by atoms with Gasteiger partial charge in [0.1, 0.15) is 18.1 Å². The van der Waals surface area contributed by atoms with E-state index in [1.54, 1.807) is 6.92 Å². The van der Waals surface area contributed by atoms with Crippen molar-refractivity contribution in [1.29, 1.82) is 0 Å². The maximum atomic E-state index is 13.0. The van der Waals surface area contributed by atoms with E-state index in [0.717, 1.165) is 16.3 Å². The van der Waals surface area contributed by atoms with Gasteiger partial charge in [0.2, 0.25) is 11.6 Å². The van der Waals surface area contributed by atoms with Crippen molar-refractivity contribution in [3.05, 3.63) is 58.3 Å². The molecule has 0 atom stereocenters. The van der Waals surface area contributed by atoms with Crippen molar-refractivity contribution in [1.82, 2.24) is 5.32 Å². The number of furan rings is 1. The molecule has 2 aromatic carbocycles. The Morgan fingerprint density at radius 1 is 1.03 bits per heavy atom. The Kier molecular flexibility index (Phi) is 4.80. The first-order valence-corrected chi connectivity index (χ1v) is 9.48. The smallest absolute Gasteiger partial charge is 0.302 e. The van der Waals surface area contributed by atoms with E-state index < -0.39 is 11.6 Å². The first kappa shape index (κ1) is 19.1. The van der Waals surface area contributed by atoms with Crippen LogP contribution in [-0.4, -0.2) is 30.7 Å². The summed E-state index contributed by atoms with van der Waals surface area (Å²) in [7, 11) is 0. The van der Waals surface area contributed by atoms with Crippen LogP contribution in [0.5, 0.6) is 0 Å². The molecule has 4 rings (SSSR count). The second-order valence-corrected chi connectivity index (χ2v) is 7.19. The highest BCUT2D eigenvalue weighted by molar-refractivity contribution is 6.54. The largest absolute Gasteiger partial charge is 0.465 e. The van der Waals surface area contributed by atoms with Gasteiger partial charge in [-0.15, -0.1) is 0 Å². The zero-order valence-electron chi connectivity index (χ0n) is 16.5. The van der Waals surface area contributed by atoms with Crippen molar-refractivity contribution in [2.75, 3.05) is 13.2 Å². The minimum atomic E-state index is -0.533. The minimum absolute atomic E-state index is 0.250. The fourth-order valence-corrected chi connectivity index (χ4v) is 3.84. The van der Waals surface area contributed by atoms with Crippen LogP contribution in [0.4, 0.5) is 0 Å². The lowest BCUT2D eigenvalue weighted by atomic mass is 9.83. The van der Waals surface area contributed by atoms with Crippen LogP contribution in [0.2, 0.25) is 0 Å². The molecule has 0 amide bonds. The van der Waals surface area contributed by atoms with Crippen LogP contribution in [0.25, 0.3) is 22.1 Å². The predicted octanol–water partition coefficient (Wildman–Crippen LogP) is 3.75. The highest BCUT2D eigenvalue weighted by atomic mass is 16.5. The Morgan fingerprint density at radius 3 is 2.55 bits per heavy atom. The number of hydrogen-bond acceptors (Lipinski definition) is 6. The fraction of sp³-hybridized carbons (Fsp3) is 0.261. The number of aryl methyl sites for hydroxylation is 1. The molecule has 0 unspecified atom stereocenters. The summed E-state index contributed by atoms with van der Waals surface area (Å²) in [6.45, 7) is 6.19. The molecular weight excluding hydrogens is 370 g/mol. The standard InChI is InChI=1S/C23H21NO5/c1-12-5-4-6-16-15(12)7-8-17-20(16)22(27)21(26)19-13(2)18(29-23(17)19)11-24-9-10-28-14(3)25/h4-8,24H,9-11H2,1-3H3. The van der Waals surface area contributed by atoms with Crippen molar-refractivity contribution < 1.29 is 23.5 Å². The number of benzene rings is 2. The highest BCUT2D eigenvalue weighted by Crippen LogP contribution is 2.41. The average Bonchev–Trinajstić information content (AvgIpc) is 3.02. The minimum Gasteiger partial charge on any atom is -0.465 e. The first-order chi connectivity index (χ1) is 13.9. The first-order valence-electron chi connectivity index (χ1n) is 9.48. The molecule has 6 nitrogen and oxygen atoms in total. The monoisotopic (exact) mass is 391 g/mol. The van der Waals surface area contributed by atoms with Gasteiger partial charge in [-0.25, -0.2) is 0 Å². The molecule has 1 aromatic heterocycles. The number of Topliss-reactive ketones (excluding diaryl/α,β-unsaturated/α-hetero) is 2. The molecule has 1 N–H and O–H groups in total. The number of carbonyl (C=O) groups excluding carboxylic acids is 3. The molecule has 148 valence electrons. The summed E-state index contributed by atoms with van der Waals surface area (Å²) in [5.41, 5.74) is 3.10. The number of fused-ring (bicyclic) bond motifs is 5. The van der Waals surface area contributed by atoms with Crippen molar-refractivity contribution in [2.45, 2.75) is 27.3 Å². The number of ether oxygens (including phenoxy) is 1. The molecule has 1 aliphatic rings. The van der Waals surface area contributed by atoms with Gasteiger partial charge in [-0.1, -0.05) is 24.3 Å². The summed E-state index contributed by atoms with van der Waals surface area (Å²) >= 11 is 0. The molecule has 0 saturated carbocycles. The highest BCUT2D eigenvalue weighted by Gasteiger charge is 2.37. The van der Waals surface area contributed by atoms with Crippen LogP contribution >= 0.6 is 0 Å². The average molecular weight is 391 g/mol. The summed E-state index contributed by atoms with van der Waals surface area (Å²) in [4.78, 5) is 36.7. The summed E-state index contributed by atoms with van der Waals surface area (Å²) < 4.78 is 10.9. The van der Waals surface area contributed by atoms with E-state index >= 15 is 0 Å². The number of ketones is 2. The van der Waals surface area contributed by atoms with Crippen molar-refractivity contribution in [2.24, 2.45) is 0 Å². The predicted molar refractivity (Wildman–Crippen MR) is 108 cm³/mol. The van der Waals surface area contributed by atoms with E-state index in [9.17, 15) is 14.4 Å². The normalized spacial score (nSPS) is 12.8. The lowest BCUT2D eigenvalue weighted by Gasteiger charge is -2.16. The number of rotatable bonds is 5.